The number of hydrogen-bond acceptors (Lipinski definition) is 4. The van der Waals surface area contributed by atoms with Crippen LogP contribution in [-0.2, 0) is 13.0 Å². The van der Waals surface area contributed by atoms with E-state index in [4.69, 9.17) is 0 Å². The Morgan fingerprint density at radius 3 is 3.19 bits per heavy atom. The van der Waals surface area contributed by atoms with E-state index in [9.17, 15) is 4.79 Å². The van der Waals surface area contributed by atoms with Crippen LogP contribution in [0.25, 0.3) is 0 Å². The first-order chi connectivity index (χ1) is 7.84. The molecule has 1 aliphatic rings. The fourth-order valence-electron chi connectivity index (χ4n) is 2.14. The third kappa shape index (κ3) is 1.42. The molecule has 16 heavy (non-hydrogen) atoms. The highest BCUT2D eigenvalue weighted by Gasteiger charge is 2.20. The summed E-state index contributed by atoms with van der Waals surface area (Å²) in [5, 5.41) is 13.7. The molecule has 1 N–H and O–H groups in total. The number of fused-ring (bicyclic) bond motifs is 1. The summed E-state index contributed by atoms with van der Waals surface area (Å²) in [4.78, 5) is 11.6. The van der Waals surface area contributed by atoms with E-state index in [1.165, 1.54) is 0 Å². The van der Waals surface area contributed by atoms with Crippen molar-refractivity contribution < 1.29 is 4.79 Å². The zero-order valence-electron chi connectivity index (χ0n) is 8.68. The van der Waals surface area contributed by atoms with Gasteiger partial charge in [0.15, 0.2) is 11.6 Å². The third-order valence-electron chi connectivity index (χ3n) is 2.90. The highest BCUT2D eigenvalue weighted by molar-refractivity contribution is 5.98. The molecule has 0 fully saturated rings. The van der Waals surface area contributed by atoms with Crippen LogP contribution in [-0.4, -0.2) is 31.0 Å². The summed E-state index contributed by atoms with van der Waals surface area (Å²) in [6, 6.07) is 1.89. The number of tetrazole rings is 1. The molecule has 0 spiro atoms. The first-order valence-electron chi connectivity index (χ1n) is 5.28. The lowest BCUT2D eigenvalue weighted by Crippen LogP contribution is -2.13. The van der Waals surface area contributed by atoms with Crippen LogP contribution in [0.3, 0.4) is 0 Å². The molecule has 0 amide bonds. The van der Waals surface area contributed by atoms with Gasteiger partial charge >= 0.3 is 0 Å². The molecule has 0 unspecified atom stereocenters. The molecule has 0 radical (unpaired) electrons. The second-order valence-corrected chi connectivity index (χ2v) is 3.91. The van der Waals surface area contributed by atoms with Gasteiger partial charge in [-0.1, -0.05) is 5.21 Å². The summed E-state index contributed by atoms with van der Waals surface area (Å²) in [6.45, 7) is 0.569. The zero-order chi connectivity index (χ0) is 11.0. The topological polar surface area (TPSA) is 76.5 Å². The van der Waals surface area contributed by atoms with Gasteiger partial charge in [-0.3, -0.25) is 4.79 Å². The number of rotatable bonds is 2. The van der Waals surface area contributed by atoms with E-state index in [1.807, 2.05) is 16.8 Å². The Balaban J connectivity index is 1.94. The Kier molecular flexibility index (Phi) is 2.05. The smallest absolute Gasteiger partial charge is 0.194 e. The van der Waals surface area contributed by atoms with Crippen molar-refractivity contribution >= 4 is 5.78 Å². The minimum Gasteiger partial charge on any atom is -0.343 e. The van der Waals surface area contributed by atoms with Crippen molar-refractivity contribution in [2.45, 2.75) is 25.8 Å². The fourth-order valence-corrected chi connectivity index (χ4v) is 2.14. The molecule has 0 aromatic carbocycles. The predicted molar refractivity (Wildman–Crippen MR) is 55.0 cm³/mol. The zero-order valence-corrected chi connectivity index (χ0v) is 8.68. The first kappa shape index (κ1) is 9.26. The Morgan fingerprint density at radius 1 is 1.44 bits per heavy atom. The quantitative estimate of drug-likeness (QED) is 0.797. The summed E-state index contributed by atoms with van der Waals surface area (Å²) in [5.74, 6) is 0.879. The lowest BCUT2D eigenvalue weighted by atomic mass is 9.97. The molecular weight excluding hydrogens is 206 g/mol. The Labute approximate surface area is 91.7 Å². The maximum absolute atomic E-state index is 11.6. The van der Waals surface area contributed by atoms with Crippen molar-refractivity contribution in [3.8, 4) is 0 Å². The van der Waals surface area contributed by atoms with Crippen molar-refractivity contribution in [2.24, 2.45) is 0 Å². The van der Waals surface area contributed by atoms with Crippen LogP contribution >= 0.6 is 0 Å². The molecule has 6 heteroatoms. The second kappa shape index (κ2) is 3.55. The van der Waals surface area contributed by atoms with Gasteiger partial charge in [-0.25, -0.2) is 0 Å². The van der Waals surface area contributed by atoms with Crippen LogP contribution in [0, 0.1) is 0 Å². The van der Waals surface area contributed by atoms with Gasteiger partial charge in [0, 0.05) is 23.9 Å². The molecule has 0 saturated carbocycles. The Hall–Kier alpha value is -1.98. The number of carbonyl (C=O) groups is 1. The van der Waals surface area contributed by atoms with Gasteiger partial charge in [0.05, 0.1) is 6.54 Å². The normalized spacial score (nSPS) is 15.1. The van der Waals surface area contributed by atoms with Crippen LogP contribution in [0.1, 0.15) is 34.7 Å². The molecular formula is C10H11N5O. The molecule has 0 atom stereocenters. The van der Waals surface area contributed by atoms with E-state index < -0.39 is 0 Å². The molecule has 0 saturated heterocycles. The maximum Gasteiger partial charge on any atom is 0.194 e. The number of carbonyl (C=O) groups excluding carboxylic acids is 1. The van der Waals surface area contributed by atoms with Crippen molar-refractivity contribution in [3.63, 3.8) is 0 Å². The van der Waals surface area contributed by atoms with Gasteiger partial charge < -0.3 is 4.57 Å². The van der Waals surface area contributed by atoms with Gasteiger partial charge in [-0.2, -0.15) is 5.21 Å². The predicted octanol–water partition coefficient (Wildman–Crippen LogP) is 0.569. The number of hydrogen-bond donors (Lipinski definition) is 1. The number of aromatic nitrogens is 5. The molecule has 2 aromatic heterocycles. The minimum atomic E-state index is 0.244. The molecule has 0 bridgehead atoms. The molecule has 6 nitrogen and oxygen atoms in total. The average molecular weight is 217 g/mol. The van der Waals surface area contributed by atoms with Gasteiger partial charge in [-0.05, 0) is 18.9 Å². The van der Waals surface area contributed by atoms with E-state index in [2.05, 4.69) is 20.6 Å². The molecule has 2 heterocycles. The maximum atomic E-state index is 11.6. The van der Waals surface area contributed by atoms with Crippen molar-refractivity contribution in [3.05, 3.63) is 29.3 Å². The second-order valence-electron chi connectivity index (χ2n) is 3.91. The molecule has 3 rings (SSSR count). The minimum absolute atomic E-state index is 0.244. The van der Waals surface area contributed by atoms with E-state index in [0.29, 0.717) is 18.8 Å². The summed E-state index contributed by atoms with van der Waals surface area (Å²) < 4.78 is 2.03. The number of nitrogens with one attached hydrogen (secondary N) is 1. The number of ketones is 1. The molecule has 1 aliphatic carbocycles. The average Bonchev–Trinajstić information content (AvgIpc) is 2.90. The van der Waals surface area contributed by atoms with E-state index in [-0.39, 0.29) is 5.78 Å². The Morgan fingerprint density at radius 2 is 2.38 bits per heavy atom. The molecule has 2 aromatic rings. The van der Waals surface area contributed by atoms with Gasteiger partial charge in [0.2, 0.25) is 0 Å². The number of nitrogens with zero attached hydrogens (tertiary/aromatic N) is 4. The number of Topliss-reactive ketones (excluding diaryl/α,β-unsaturated/α-hetero) is 1. The number of aromatic amines is 1. The van der Waals surface area contributed by atoms with Gasteiger partial charge in [0.1, 0.15) is 0 Å². The summed E-state index contributed by atoms with van der Waals surface area (Å²) in [7, 11) is 0. The highest BCUT2D eigenvalue weighted by Crippen LogP contribution is 2.22. The summed E-state index contributed by atoms with van der Waals surface area (Å²) in [5.41, 5.74) is 1.95. The van der Waals surface area contributed by atoms with E-state index in [0.717, 1.165) is 24.1 Å². The number of H-pyrrole nitrogens is 1. The third-order valence-corrected chi connectivity index (χ3v) is 2.90. The molecule has 82 valence electrons. The van der Waals surface area contributed by atoms with Gasteiger partial charge in [-0.15, -0.1) is 10.2 Å². The van der Waals surface area contributed by atoms with Crippen molar-refractivity contribution in [1.82, 2.24) is 25.2 Å². The summed E-state index contributed by atoms with van der Waals surface area (Å²) in [6.07, 6.45) is 4.47. The lowest BCUT2D eigenvalue weighted by Gasteiger charge is -2.13. The highest BCUT2D eigenvalue weighted by atomic mass is 16.1. The monoisotopic (exact) mass is 217 g/mol. The van der Waals surface area contributed by atoms with Crippen LogP contribution in [0.2, 0.25) is 0 Å². The van der Waals surface area contributed by atoms with Crippen LogP contribution < -0.4 is 0 Å². The van der Waals surface area contributed by atoms with Gasteiger partial charge in [0.25, 0.3) is 0 Å². The lowest BCUT2D eigenvalue weighted by molar-refractivity contribution is 0.0972. The van der Waals surface area contributed by atoms with Crippen LogP contribution in [0.4, 0.5) is 0 Å². The first-order valence-corrected chi connectivity index (χ1v) is 5.28. The van der Waals surface area contributed by atoms with Crippen LogP contribution in [0.5, 0.6) is 0 Å². The standard InChI is InChI=1S/C10H11N5O/c16-9-3-1-2-8-7(9)4-5-15(8)6-10-11-13-14-12-10/h4-5H,1-3,6H2,(H,11,12,13,14). The van der Waals surface area contributed by atoms with Crippen molar-refractivity contribution in [1.29, 1.82) is 0 Å². The SMILES string of the molecule is O=C1CCCc2c1ccn2Cc1nn[nH]n1. The van der Waals surface area contributed by atoms with Crippen LogP contribution in [0.15, 0.2) is 12.3 Å². The van der Waals surface area contributed by atoms with Crippen molar-refractivity contribution in [2.75, 3.05) is 0 Å². The molecule has 0 aliphatic heterocycles. The largest absolute Gasteiger partial charge is 0.343 e. The van der Waals surface area contributed by atoms with E-state index >= 15 is 0 Å². The van der Waals surface area contributed by atoms with E-state index in [1.54, 1.807) is 0 Å². The summed E-state index contributed by atoms with van der Waals surface area (Å²) >= 11 is 0. The Bertz CT molecular complexity index is 513. The fraction of sp³-hybridized carbons (Fsp3) is 0.400.